The van der Waals surface area contributed by atoms with E-state index in [0.29, 0.717) is 23.4 Å². The van der Waals surface area contributed by atoms with E-state index in [-0.39, 0.29) is 17.1 Å². The van der Waals surface area contributed by atoms with Crippen LogP contribution in [0.15, 0.2) is 67.1 Å². The van der Waals surface area contributed by atoms with E-state index in [1.54, 1.807) is 49.9 Å². The zero-order valence-corrected chi connectivity index (χ0v) is 18.8. The van der Waals surface area contributed by atoms with Crippen molar-refractivity contribution < 1.29 is 4.79 Å². The molecule has 0 radical (unpaired) electrons. The van der Waals surface area contributed by atoms with Crippen molar-refractivity contribution in [2.24, 2.45) is 5.73 Å². The third-order valence-electron chi connectivity index (χ3n) is 5.48. The van der Waals surface area contributed by atoms with E-state index in [0.717, 1.165) is 16.9 Å². The Balaban J connectivity index is 1.62. The molecule has 0 aliphatic rings. The molecule has 2 aromatic heterocycles. The highest BCUT2D eigenvalue weighted by molar-refractivity contribution is 6.04. The Morgan fingerprint density at radius 2 is 1.82 bits per heavy atom. The van der Waals surface area contributed by atoms with Gasteiger partial charge in [-0.3, -0.25) is 9.20 Å². The lowest BCUT2D eigenvalue weighted by Crippen LogP contribution is -2.39. The third-order valence-corrected chi connectivity index (χ3v) is 5.48. The Bertz CT molecular complexity index is 1330. The van der Waals surface area contributed by atoms with Gasteiger partial charge in [0, 0.05) is 42.3 Å². The zero-order valence-electron chi connectivity index (χ0n) is 18.8. The number of hydrogen-bond donors (Lipinski definition) is 2. The predicted molar refractivity (Wildman–Crippen MR) is 129 cm³/mol. The molecule has 0 aliphatic heterocycles. The molecule has 33 heavy (non-hydrogen) atoms. The summed E-state index contributed by atoms with van der Waals surface area (Å²) in [6, 6.07) is 16.9. The molecule has 166 valence electrons. The molecule has 3 N–H and O–H groups in total. The van der Waals surface area contributed by atoms with Crippen LogP contribution in [0.1, 0.15) is 29.9 Å². The van der Waals surface area contributed by atoms with Gasteiger partial charge in [0.05, 0.1) is 29.7 Å². The number of imidazole rings is 1. The molecule has 0 saturated heterocycles. The molecule has 0 aliphatic carbocycles. The molecule has 1 amide bonds. The minimum Gasteiger partial charge on any atom is -0.379 e. The summed E-state index contributed by atoms with van der Waals surface area (Å²) in [5.41, 5.74) is 10.5. The van der Waals surface area contributed by atoms with Crippen LogP contribution in [-0.2, 0) is 0 Å². The van der Waals surface area contributed by atoms with Crippen LogP contribution in [0, 0.1) is 11.3 Å². The molecule has 0 atom stereocenters. The Hall–Kier alpha value is -4.22. The number of benzene rings is 2. The van der Waals surface area contributed by atoms with E-state index in [9.17, 15) is 4.79 Å². The lowest BCUT2D eigenvalue weighted by molar-refractivity contribution is 0.0988. The van der Waals surface area contributed by atoms with Gasteiger partial charge in [0.15, 0.2) is 5.65 Å². The van der Waals surface area contributed by atoms with Gasteiger partial charge in [0.25, 0.3) is 5.91 Å². The molecule has 0 unspecified atom stereocenters. The summed E-state index contributed by atoms with van der Waals surface area (Å²) in [5.74, 6) is -0.259. The van der Waals surface area contributed by atoms with Crippen molar-refractivity contribution in [1.29, 1.82) is 5.26 Å². The van der Waals surface area contributed by atoms with E-state index < -0.39 is 0 Å². The second-order valence-corrected chi connectivity index (χ2v) is 8.46. The summed E-state index contributed by atoms with van der Waals surface area (Å²) in [6.45, 7) is 4.61. The molecule has 0 saturated carbocycles. The number of nitrogens with two attached hydrogens (primary N) is 1. The first-order valence-electron chi connectivity index (χ1n) is 10.5. The van der Waals surface area contributed by atoms with Crippen LogP contribution in [0.2, 0.25) is 0 Å². The first-order chi connectivity index (χ1) is 15.8. The lowest BCUT2D eigenvalue weighted by Gasteiger charge is -2.25. The average Bonchev–Trinajstić information content (AvgIpc) is 3.26. The summed E-state index contributed by atoms with van der Waals surface area (Å²) in [4.78, 5) is 23.3. The maximum absolute atomic E-state index is 13.1. The van der Waals surface area contributed by atoms with Gasteiger partial charge in [-0.25, -0.2) is 9.97 Å². The summed E-state index contributed by atoms with van der Waals surface area (Å²) in [5, 5.41) is 12.4. The SMILES string of the molecule is CN(C(=O)c1cn2c(-c3ccc(NC(C)(C)CN)cc3)cnc2cn1)c1ccc(C#N)cc1. The number of anilines is 2. The van der Waals surface area contributed by atoms with Crippen LogP contribution in [0.3, 0.4) is 0 Å². The topological polar surface area (TPSA) is 112 Å². The number of aromatic nitrogens is 3. The largest absolute Gasteiger partial charge is 0.379 e. The predicted octanol–water partition coefficient (Wildman–Crippen LogP) is 3.69. The molecular formula is C25H25N7O. The van der Waals surface area contributed by atoms with E-state index >= 15 is 0 Å². The van der Waals surface area contributed by atoms with Crippen LogP contribution in [0.5, 0.6) is 0 Å². The molecule has 2 aromatic carbocycles. The van der Waals surface area contributed by atoms with Gasteiger partial charge >= 0.3 is 0 Å². The van der Waals surface area contributed by atoms with Crippen LogP contribution in [0.4, 0.5) is 11.4 Å². The Labute approximate surface area is 192 Å². The van der Waals surface area contributed by atoms with E-state index in [2.05, 4.69) is 21.4 Å². The van der Waals surface area contributed by atoms with Crippen LogP contribution >= 0.6 is 0 Å². The number of carbonyl (C=O) groups is 1. The fourth-order valence-corrected chi connectivity index (χ4v) is 3.43. The third kappa shape index (κ3) is 4.54. The average molecular weight is 440 g/mol. The van der Waals surface area contributed by atoms with Crippen molar-refractivity contribution >= 4 is 22.9 Å². The highest BCUT2D eigenvalue weighted by Crippen LogP contribution is 2.24. The number of nitrogens with one attached hydrogen (secondary N) is 1. The Morgan fingerprint density at radius 1 is 1.12 bits per heavy atom. The van der Waals surface area contributed by atoms with Gasteiger partial charge in [-0.2, -0.15) is 5.26 Å². The summed E-state index contributed by atoms with van der Waals surface area (Å²) in [6.07, 6.45) is 5.05. The number of carbonyl (C=O) groups excluding carboxylic acids is 1. The molecule has 4 aromatic rings. The van der Waals surface area contributed by atoms with Crippen molar-refractivity contribution in [1.82, 2.24) is 14.4 Å². The number of nitrogens with zero attached hydrogens (tertiary/aromatic N) is 5. The maximum Gasteiger partial charge on any atom is 0.278 e. The molecule has 0 bridgehead atoms. The van der Waals surface area contributed by atoms with E-state index in [1.165, 1.54) is 4.90 Å². The summed E-state index contributed by atoms with van der Waals surface area (Å²) in [7, 11) is 1.68. The normalized spacial score (nSPS) is 11.2. The molecule has 8 nitrogen and oxygen atoms in total. The Morgan fingerprint density at radius 3 is 2.45 bits per heavy atom. The molecule has 2 heterocycles. The fourth-order valence-electron chi connectivity index (χ4n) is 3.43. The second-order valence-electron chi connectivity index (χ2n) is 8.46. The highest BCUT2D eigenvalue weighted by Gasteiger charge is 2.18. The first-order valence-corrected chi connectivity index (χ1v) is 10.5. The summed E-state index contributed by atoms with van der Waals surface area (Å²) >= 11 is 0. The van der Waals surface area contributed by atoms with Crippen LogP contribution in [0.25, 0.3) is 16.9 Å². The van der Waals surface area contributed by atoms with Crippen molar-refractivity contribution in [3.05, 3.63) is 78.4 Å². The van der Waals surface area contributed by atoms with Crippen molar-refractivity contribution in [3.8, 4) is 17.3 Å². The van der Waals surface area contributed by atoms with Gasteiger partial charge in [0.2, 0.25) is 0 Å². The zero-order chi connectivity index (χ0) is 23.6. The van der Waals surface area contributed by atoms with Crippen LogP contribution < -0.4 is 16.0 Å². The van der Waals surface area contributed by atoms with Gasteiger partial charge < -0.3 is 16.0 Å². The number of nitriles is 1. The molecule has 8 heteroatoms. The smallest absolute Gasteiger partial charge is 0.278 e. The van der Waals surface area contributed by atoms with Crippen molar-refractivity contribution in [2.75, 3.05) is 23.8 Å². The minimum absolute atomic E-state index is 0.202. The number of amides is 1. The van der Waals surface area contributed by atoms with E-state index in [4.69, 9.17) is 11.0 Å². The van der Waals surface area contributed by atoms with Crippen molar-refractivity contribution in [3.63, 3.8) is 0 Å². The first kappa shape index (κ1) is 22.0. The fraction of sp³-hybridized carbons (Fsp3) is 0.200. The van der Waals surface area contributed by atoms with Crippen LogP contribution in [-0.4, -0.2) is 39.4 Å². The standard InChI is InChI=1S/C25H25N7O/c1-25(2,16-27)30-19-8-6-18(7-9-19)22-13-29-23-14-28-21(15-32(22)23)24(33)31(3)20-10-4-17(12-26)5-11-20/h4-11,13-15,30H,16,27H2,1-3H3. The van der Waals surface area contributed by atoms with Gasteiger partial charge in [0.1, 0.15) is 5.69 Å². The van der Waals surface area contributed by atoms with Gasteiger partial charge in [-0.05, 0) is 50.2 Å². The second kappa shape index (κ2) is 8.73. The Kier molecular flexibility index (Phi) is 5.82. The summed E-state index contributed by atoms with van der Waals surface area (Å²) < 4.78 is 1.86. The number of fused-ring (bicyclic) bond motifs is 1. The number of hydrogen-bond acceptors (Lipinski definition) is 6. The minimum atomic E-state index is -0.259. The maximum atomic E-state index is 13.1. The molecule has 0 fully saturated rings. The monoisotopic (exact) mass is 439 g/mol. The van der Waals surface area contributed by atoms with E-state index in [1.807, 2.05) is 42.5 Å². The van der Waals surface area contributed by atoms with Gasteiger partial charge in [-0.1, -0.05) is 12.1 Å². The number of rotatable bonds is 6. The molecule has 4 rings (SSSR count). The quantitative estimate of drug-likeness (QED) is 0.474. The van der Waals surface area contributed by atoms with Crippen molar-refractivity contribution in [2.45, 2.75) is 19.4 Å². The highest BCUT2D eigenvalue weighted by atomic mass is 16.2. The lowest BCUT2D eigenvalue weighted by atomic mass is 10.1. The molecule has 0 spiro atoms. The molecular weight excluding hydrogens is 414 g/mol. The van der Waals surface area contributed by atoms with Gasteiger partial charge in [-0.15, -0.1) is 0 Å².